The van der Waals surface area contributed by atoms with E-state index in [2.05, 4.69) is 47.9 Å². The van der Waals surface area contributed by atoms with E-state index in [4.69, 9.17) is 23.8 Å². The lowest BCUT2D eigenvalue weighted by molar-refractivity contribution is 0.723. The third kappa shape index (κ3) is 4.46. The van der Waals surface area contributed by atoms with Gasteiger partial charge in [-0.3, -0.25) is 0 Å². The Morgan fingerprint density at radius 3 is 2.50 bits per heavy atom. The summed E-state index contributed by atoms with van der Waals surface area (Å²) >= 11 is 11.7. The van der Waals surface area contributed by atoms with Gasteiger partial charge in [0.05, 0.1) is 10.7 Å². The summed E-state index contributed by atoms with van der Waals surface area (Å²) in [7, 11) is 0. The molecule has 22 heavy (non-hydrogen) atoms. The fraction of sp³-hybridized carbons (Fsp3) is 0.278. The van der Waals surface area contributed by atoms with Crippen LogP contribution in [-0.2, 0) is 0 Å². The van der Waals surface area contributed by atoms with Crippen LogP contribution in [0, 0.1) is 13.8 Å². The molecule has 2 aromatic carbocycles. The van der Waals surface area contributed by atoms with E-state index in [1.807, 2.05) is 26.0 Å². The topological polar surface area (TPSA) is 24.1 Å². The van der Waals surface area contributed by atoms with Gasteiger partial charge in [0.25, 0.3) is 0 Å². The van der Waals surface area contributed by atoms with Crippen molar-refractivity contribution in [2.45, 2.75) is 26.7 Å². The van der Waals surface area contributed by atoms with Crippen LogP contribution in [-0.4, -0.2) is 11.7 Å². The molecule has 0 spiro atoms. The number of benzene rings is 2. The Kier molecular flexibility index (Phi) is 5.81. The van der Waals surface area contributed by atoms with E-state index < -0.39 is 0 Å². The third-order valence-corrected chi connectivity index (χ3v) is 4.15. The average Bonchev–Trinajstić information content (AvgIpc) is 2.49. The lowest BCUT2D eigenvalue weighted by atomic mass is 10.0. The summed E-state index contributed by atoms with van der Waals surface area (Å²) in [6, 6.07) is 14.4. The van der Waals surface area contributed by atoms with Crippen LogP contribution in [0.4, 0.5) is 5.69 Å². The highest BCUT2D eigenvalue weighted by molar-refractivity contribution is 7.80. The Labute approximate surface area is 142 Å². The Hall–Kier alpha value is -1.58. The molecule has 0 aliphatic rings. The first-order chi connectivity index (χ1) is 10.5. The molecule has 2 N–H and O–H groups in total. The first kappa shape index (κ1) is 16.8. The third-order valence-electron chi connectivity index (χ3n) is 3.61. The van der Waals surface area contributed by atoms with Crippen molar-refractivity contribution in [3.05, 3.63) is 64.2 Å². The van der Waals surface area contributed by atoms with E-state index in [1.165, 1.54) is 5.56 Å². The number of anilines is 1. The van der Waals surface area contributed by atoms with Crippen LogP contribution in [0.1, 0.15) is 29.5 Å². The minimum atomic E-state index is 0.385. The number of rotatable bonds is 4. The van der Waals surface area contributed by atoms with Crippen molar-refractivity contribution in [3.63, 3.8) is 0 Å². The lowest BCUT2D eigenvalue weighted by Gasteiger charge is -2.17. The van der Waals surface area contributed by atoms with Gasteiger partial charge in [0.2, 0.25) is 0 Å². The highest BCUT2D eigenvalue weighted by atomic mass is 35.5. The van der Waals surface area contributed by atoms with E-state index in [-0.39, 0.29) is 0 Å². The normalized spacial score (nSPS) is 11.8. The number of thiocarbonyl (C=S) groups is 1. The monoisotopic (exact) mass is 332 g/mol. The number of hydrogen-bond donors (Lipinski definition) is 2. The summed E-state index contributed by atoms with van der Waals surface area (Å²) in [5.74, 6) is 0.385. The van der Waals surface area contributed by atoms with Gasteiger partial charge in [-0.2, -0.15) is 0 Å². The molecule has 0 unspecified atom stereocenters. The smallest absolute Gasteiger partial charge is 0.170 e. The second kappa shape index (κ2) is 7.61. The number of nitrogens with one attached hydrogen (secondary N) is 2. The predicted molar refractivity (Wildman–Crippen MR) is 100 cm³/mol. The molecule has 0 fully saturated rings. The minimum absolute atomic E-state index is 0.385. The van der Waals surface area contributed by atoms with Gasteiger partial charge in [-0.25, -0.2) is 0 Å². The fourth-order valence-corrected chi connectivity index (χ4v) is 2.93. The largest absolute Gasteiger partial charge is 0.362 e. The van der Waals surface area contributed by atoms with Crippen LogP contribution < -0.4 is 10.6 Å². The predicted octanol–water partition coefficient (Wildman–Crippen LogP) is 5.05. The van der Waals surface area contributed by atoms with Crippen LogP contribution in [0.3, 0.4) is 0 Å². The van der Waals surface area contributed by atoms with Crippen molar-refractivity contribution in [2.24, 2.45) is 0 Å². The van der Waals surface area contributed by atoms with Gasteiger partial charge in [0.1, 0.15) is 0 Å². The second-order valence-corrected chi connectivity index (χ2v) is 6.40. The zero-order valence-electron chi connectivity index (χ0n) is 13.1. The van der Waals surface area contributed by atoms with Crippen LogP contribution in [0.2, 0.25) is 5.02 Å². The second-order valence-electron chi connectivity index (χ2n) is 5.59. The molecule has 0 bridgehead atoms. The zero-order valence-corrected chi connectivity index (χ0v) is 14.7. The van der Waals surface area contributed by atoms with Gasteiger partial charge in [0, 0.05) is 6.54 Å². The summed E-state index contributed by atoms with van der Waals surface area (Å²) in [5, 5.41) is 7.75. The van der Waals surface area contributed by atoms with Crippen molar-refractivity contribution in [3.8, 4) is 0 Å². The van der Waals surface area contributed by atoms with Crippen molar-refractivity contribution < 1.29 is 0 Å². The van der Waals surface area contributed by atoms with Crippen molar-refractivity contribution in [1.82, 2.24) is 5.32 Å². The van der Waals surface area contributed by atoms with Crippen LogP contribution in [0.25, 0.3) is 0 Å². The number of halogens is 1. The molecule has 4 heteroatoms. The first-order valence-electron chi connectivity index (χ1n) is 7.34. The molecule has 2 nitrogen and oxygen atoms in total. The molecule has 0 amide bonds. The van der Waals surface area contributed by atoms with Crippen LogP contribution >= 0.6 is 23.8 Å². The fourth-order valence-electron chi connectivity index (χ4n) is 2.38. The van der Waals surface area contributed by atoms with Crippen LogP contribution in [0.5, 0.6) is 0 Å². The molecule has 0 aromatic heterocycles. The average molecular weight is 333 g/mol. The first-order valence-corrected chi connectivity index (χ1v) is 8.12. The molecule has 0 saturated heterocycles. The summed E-state index contributed by atoms with van der Waals surface area (Å²) in [4.78, 5) is 0. The molecular formula is C18H21ClN2S. The van der Waals surface area contributed by atoms with Gasteiger partial charge < -0.3 is 10.6 Å². The molecule has 2 aromatic rings. The molecule has 1 atom stereocenters. The van der Waals surface area contributed by atoms with E-state index in [0.717, 1.165) is 23.4 Å². The van der Waals surface area contributed by atoms with Gasteiger partial charge in [-0.15, -0.1) is 0 Å². The Morgan fingerprint density at radius 2 is 1.86 bits per heavy atom. The Balaban J connectivity index is 1.94. The molecule has 0 saturated carbocycles. The molecule has 0 heterocycles. The molecule has 0 aliphatic carbocycles. The minimum Gasteiger partial charge on any atom is -0.362 e. The lowest BCUT2D eigenvalue weighted by Crippen LogP contribution is -2.31. The number of aryl methyl sites for hydroxylation is 2. The summed E-state index contributed by atoms with van der Waals surface area (Å²) in [5.41, 5.74) is 4.40. The van der Waals surface area contributed by atoms with Crippen molar-refractivity contribution >= 4 is 34.6 Å². The maximum Gasteiger partial charge on any atom is 0.170 e. The van der Waals surface area contributed by atoms with Crippen molar-refractivity contribution in [1.29, 1.82) is 0 Å². The van der Waals surface area contributed by atoms with Gasteiger partial charge >= 0.3 is 0 Å². The van der Waals surface area contributed by atoms with E-state index in [0.29, 0.717) is 16.1 Å². The SMILES string of the molecule is Cc1cc(C)c(NC(=S)NC[C@@H](C)c2ccccc2)c(Cl)c1. The highest BCUT2D eigenvalue weighted by Crippen LogP contribution is 2.27. The summed E-state index contributed by atoms with van der Waals surface area (Å²) in [6.45, 7) is 7.00. The Morgan fingerprint density at radius 1 is 1.18 bits per heavy atom. The summed E-state index contributed by atoms with van der Waals surface area (Å²) in [6.07, 6.45) is 0. The van der Waals surface area contributed by atoms with Gasteiger partial charge in [-0.05, 0) is 54.7 Å². The van der Waals surface area contributed by atoms with E-state index in [9.17, 15) is 0 Å². The maximum atomic E-state index is 6.29. The van der Waals surface area contributed by atoms with E-state index >= 15 is 0 Å². The molecule has 0 aliphatic heterocycles. The highest BCUT2D eigenvalue weighted by Gasteiger charge is 2.09. The van der Waals surface area contributed by atoms with Crippen molar-refractivity contribution in [2.75, 3.05) is 11.9 Å². The van der Waals surface area contributed by atoms with Gasteiger partial charge in [-0.1, -0.05) is 54.9 Å². The molecule has 116 valence electrons. The zero-order chi connectivity index (χ0) is 16.1. The quantitative estimate of drug-likeness (QED) is 0.766. The van der Waals surface area contributed by atoms with Gasteiger partial charge in [0.15, 0.2) is 5.11 Å². The molecular weight excluding hydrogens is 312 g/mol. The molecule has 2 rings (SSSR count). The molecule has 0 radical (unpaired) electrons. The van der Waals surface area contributed by atoms with Crippen LogP contribution in [0.15, 0.2) is 42.5 Å². The van der Waals surface area contributed by atoms with E-state index in [1.54, 1.807) is 0 Å². The maximum absolute atomic E-state index is 6.29. The Bertz CT molecular complexity index is 632. The standard InChI is InChI=1S/C18H21ClN2S/c1-12-9-13(2)17(16(19)10-12)21-18(22)20-11-14(3)15-7-5-4-6-8-15/h4-10,14H,11H2,1-3H3,(H2,20,21,22)/t14-/m1/s1. The number of hydrogen-bond acceptors (Lipinski definition) is 1. The summed E-state index contributed by atoms with van der Waals surface area (Å²) < 4.78 is 0.